The summed E-state index contributed by atoms with van der Waals surface area (Å²) in [7, 11) is 5.90. The molecule has 0 radical (unpaired) electrons. The van der Waals surface area contributed by atoms with Gasteiger partial charge in [-0.3, -0.25) is 14.4 Å². The van der Waals surface area contributed by atoms with Crippen LogP contribution in [0.15, 0.2) is 79.9 Å². The van der Waals surface area contributed by atoms with Gasteiger partial charge in [0.25, 0.3) is 0 Å². The lowest BCUT2D eigenvalue weighted by Gasteiger charge is -2.44. The van der Waals surface area contributed by atoms with E-state index in [1.165, 1.54) is 87.2 Å². The van der Waals surface area contributed by atoms with Crippen LogP contribution in [0.25, 0.3) is 44.1 Å². The Labute approximate surface area is 891 Å². The minimum absolute atomic E-state index is 0. The molecule has 10 atom stereocenters. The summed E-state index contributed by atoms with van der Waals surface area (Å²) in [4.78, 5) is 107. The van der Waals surface area contributed by atoms with Gasteiger partial charge in [0.2, 0.25) is 0 Å². The molecule has 5 saturated carbocycles. The van der Waals surface area contributed by atoms with Gasteiger partial charge >= 0.3 is 24.4 Å². The number of aliphatic hydroxyl groups is 1. The van der Waals surface area contributed by atoms with Gasteiger partial charge in [0, 0.05) is 239 Å². The average Bonchev–Trinajstić information content (AvgIpc) is 1.59. The van der Waals surface area contributed by atoms with Gasteiger partial charge in [-0.15, -0.1) is 12.4 Å². The van der Waals surface area contributed by atoms with E-state index in [-0.39, 0.29) is 54.5 Å². The Kier molecular flexibility index (Phi) is 55.0. The van der Waals surface area contributed by atoms with Gasteiger partial charge in [-0.1, -0.05) is 125 Å². The first kappa shape index (κ1) is 130. The van der Waals surface area contributed by atoms with Crippen LogP contribution in [0.4, 0.5) is 17.1 Å². The van der Waals surface area contributed by atoms with Gasteiger partial charge < -0.3 is 102 Å². The number of anilines is 3. The van der Waals surface area contributed by atoms with Crippen molar-refractivity contribution in [3.05, 3.63) is 102 Å². The number of halogens is 2. The maximum Gasteiger partial charge on any atom is 0.373 e. The molecular weight excluding hydrogens is 2000 g/mol. The molecule has 5 N–H and O–H groups in total. The highest BCUT2D eigenvalue weighted by Crippen LogP contribution is 2.46. The number of aliphatic hydroxyl groups excluding tert-OH is 1. The van der Waals surface area contributed by atoms with Crippen LogP contribution in [0.2, 0.25) is 108 Å². The first-order chi connectivity index (χ1) is 69.5. The Bertz CT molecular complexity index is 5490. The summed E-state index contributed by atoms with van der Waals surface area (Å²) in [6.07, 6.45) is 29.6. The van der Waals surface area contributed by atoms with Crippen LogP contribution in [0, 0.1) is 61.7 Å². The molecule has 8 aromatic rings. The number of nitrogens with zero attached hydrogens (tertiary/aromatic N) is 12. The number of ketones is 2. The second-order valence-electron chi connectivity index (χ2n) is 44.6. The SMILES string of the molecule is CC1CC2(CCC1=O)OCCO2.CN.CNC1CCC2(CC1C)OCCO2.C[Si](C)(C)CCOCn1ccc2c(Cl)ccnc21.Cc1cnc2c(ccn2COCC[Si](C)(C)C)c1N(C)C1CCC(=O)CC1C.Cc1cnc2c(ccn2COCC[Si](C)(C)C)c1N(C)C1CCC(O)CC1C.Cc1cnc2c(ccn2COCC[Si](C)(C)C)c1N(C)C1CCC2(CC1C)OCCO2.Cl.N#CCC(=O)O.O=C=O.O=C=O.O=C=O. The number of pyridine rings is 4. The van der Waals surface area contributed by atoms with Gasteiger partial charge in [-0.25, -0.2) is 19.9 Å². The van der Waals surface area contributed by atoms with Crippen LogP contribution >= 0.6 is 24.0 Å². The summed E-state index contributed by atoms with van der Waals surface area (Å²) < 4.78 is 66.4. The number of nitrogens with one attached hydrogen (secondary N) is 1. The van der Waals surface area contributed by atoms with E-state index < -0.39 is 50.5 Å². The van der Waals surface area contributed by atoms with Crippen LogP contribution in [0.1, 0.15) is 154 Å². The number of aromatic nitrogens is 8. The molecule has 16 rings (SSSR count). The Hall–Kier alpha value is -8.47. The molecule has 35 nitrogen and oxygen atoms in total. The first-order valence-electron chi connectivity index (χ1n) is 51.8. The Morgan fingerprint density at radius 2 is 0.831 bits per heavy atom. The Morgan fingerprint density at radius 3 is 1.15 bits per heavy atom. The highest BCUT2D eigenvalue weighted by atomic mass is 35.5. The molecule has 5 aliphatic carbocycles. The van der Waals surface area contributed by atoms with Crippen molar-refractivity contribution in [3.8, 4) is 6.07 Å². The molecule has 11 heterocycles. The van der Waals surface area contributed by atoms with Crippen molar-refractivity contribution in [2.24, 2.45) is 35.3 Å². The fraction of sp³-hybridized carbons (Fsp3) is 0.673. The van der Waals surface area contributed by atoms with Crippen molar-refractivity contribution in [2.75, 3.05) is 116 Å². The molecule has 8 fully saturated rings. The zero-order valence-electron chi connectivity index (χ0n) is 92.7. The molecule has 3 aliphatic heterocycles. The van der Waals surface area contributed by atoms with Crippen LogP contribution in [-0.4, -0.2) is 266 Å². The van der Waals surface area contributed by atoms with Crippen LogP contribution in [-0.2, 0) is 117 Å². The fourth-order valence-corrected chi connectivity index (χ4v) is 23.5. The average molecular weight is 2170 g/mol. The van der Waals surface area contributed by atoms with Gasteiger partial charge in [0.1, 0.15) is 67.5 Å². The van der Waals surface area contributed by atoms with E-state index in [4.69, 9.17) is 113 Å². The van der Waals surface area contributed by atoms with Crippen LogP contribution < -0.4 is 25.8 Å². The quantitative estimate of drug-likeness (QED) is 0.0261. The van der Waals surface area contributed by atoms with E-state index in [1.807, 2.05) is 49.4 Å². The summed E-state index contributed by atoms with van der Waals surface area (Å²) in [5, 5.41) is 33.9. The fourth-order valence-electron chi connectivity index (χ4n) is 20.3. The third-order valence-corrected chi connectivity index (χ3v) is 35.3. The third kappa shape index (κ3) is 40.5. The Balaban J connectivity index is 0.000000309. The smallest absolute Gasteiger partial charge is 0.373 e. The molecule has 0 aromatic carbocycles. The lowest BCUT2D eigenvalue weighted by Crippen LogP contribution is -2.48. The number of fused-ring (bicyclic) bond motifs is 4. The molecule has 3 saturated heterocycles. The number of hydrogen-bond donors (Lipinski definition) is 4. The van der Waals surface area contributed by atoms with E-state index in [1.54, 1.807) is 12.3 Å². The molecular formula is C107H172Cl2N14O21Si4. The van der Waals surface area contributed by atoms with E-state index in [2.05, 4.69) is 229 Å². The molecule has 148 heavy (non-hydrogen) atoms. The number of aliphatic carboxylic acids is 1. The molecule has 826 valence electrons. The highest BCUT2D eigenvalue weighted by Gasteiger charge is 2.47. The van der Waals surface area contributed by atoms with E-state index in [0.29, 0.717) is 119 Å². The zero-order valence-corrected chi connectivity index (χ0v) is 98.3. The minimum atomic E-state index is -1.08. The monoisotopic (exact) mass is 2170 g/mol. The standard InChI is InChI=1S/C24H39N3O3Si.C22H37N3O2Si.C22H35N3O2Si.C13H19ClN2OSi.C10H19NO2.C9H14O3.C3H3NO2.CH5N.3CO2.ClH/c1-18-15-24(29-11-12-30-24)9-7-21(18)26(3)22-19(2)16-25-23-20(22)8-10-27(23)17-28-13-14-31(4,5)6;2*1-16-13-18(26)7-8-20(16)24(3)21-17(2)14-23-22-19(21)9-10-25(22)15-27-11-12-28(4,5)6;1-18(2,3)9-8-17-10-16-7-5-11-12(14)4-6-15-13(11)16;1-8-7-10(12-5-6-13-10)4-3-9(8)11-2;1-7-6-9(3-2-8(7)10)11-4-5-12-9;4-2-1-3(5)6;1-2;3*2-1-3;/h8,10,16,18,21H,7,9,11-15,17H2,1-6H3;9-10,14,16,18,20,26H,7-8,11-13,15H2,1-6H3;9-10,14,16,20H,7-8,11-13,15H2,1-6H3;4-7H,8-10H2,1-3H3;8-9,11H,3-7H2,1-2H3;7H,2-6H2,1H3;1H2,(H,5,6);2H2,1H3;;;;1H. The number of nitrogens with two attached hydrogens (primary N) is 1. The second-order valence-corrected chi connectivity index (χ2v) is 67.5. The van der Waals surface area contributed by atoms with Crippen molar-refractivity contribution in [3.63, 3.8) is 0 Å². The van der Waals surface area contributed by atoms with Crippen molar-refractivity contribution in [1.29, 1.82) is 5.26 Å². The predicted octanol–water partition coefficient (Wildman–Crippen LogP) is 19.0. The molecule has 41 heteroatoms. The number of Topliss-reactive ketones (excluding diaryl/α,β-unsaturated/α-hetero) is 2. The molecule has 0 amide bonds. The second kappa shape index (κ2) is 62.6. The van der Waals surface area contributed by atoms with Gasteiger partial charge in [0.15, 0.2) is 17.4 Å². The maximum atomic E-state index is 11.8. The van der Waals surface area contributed by atoms with Crippen molar-refractivity contribution >= 4 is 153 Å². The van der Waals surface area contributed by atoms with E-state index in [9.17, 15) is 19.5 Å². The lowest BCUT2D eigenvalue weighted by molar-refractivity contribution is -0.193. The van der Waals surface area contributed by atoms with E-state index in [0.717, 1.165) is 163 Å². The summed E-state index contributed by atoms with van der Waals surface area (Å²) in [6.45, 7) is 55.7. The molecule has 10 unspecified atom stereocenters. The normalized spacial score (nSPS) is 21.4. The zero-order chi connectivity index (χ0) is 109. The molecule has 3 spiro atoms. The van der Waals surface area contributed by atoms with Crippen LogP contribution in [0.3, 0.4) is 0 Å². The molecule has 8 aliphatic rings. The molecule has 0 bridgehead atoms. The number of carbonyl (C=O) groups is 3. The summed E-state index contributed by atoms with van der Waals surface area (Å²) in [5.74, 6) is 0.827. The lowest BCUT2D eigenvalue weighted by atomic mass is 9.80. The topological polar surface area (TPSA) is 429 Å². The molecule has 8 aromatic heterocycles. The minimum Gasteiger partial charge on any atom is -0.480 e. The Morgan fingerprint density at radius 1 is 0.493 bits per heavy atom. The van der Waals surface area contributed by atoms with Gasteiger partial charge in [-0.2, -0.15) is 34.0 Å². The summed E-state index contributed by atoms with van der Waals surface area (Å²) in [5.41, 5.74) is 15.7. The first-order valence-corrected chi connectivity index (χ1v) is 67.0. The number of aryl methyl sites for hydroxylation is 3. The van der Waals surface area contributed by atoms with Gasteiger partial charge in [0.05, 0.1) is 73.9 Å². The van der Waals surface area contributed by atoms with Crippen molar-refractivity contribution in [1.82, 2.24) is 43.5 Å². The van der Waals surface area contributed by atoms with Crippen LogP contribution in [0.5, 0.6) is 0 Å². The predicted molar refractivity (Wildman–Crippen MR) is 589 cm³/mol. The third-order valence-electron chi connectivity index (χ3n) is 28.1. The van der Waals surface area contributed by atoms with Crippen molar-refractivity contribution < 1.29 is 101 Å². The number of nitriles is 1. The van der Waals surface area contributed by atoms with Gasteiger partial charge in [-0.05, 0) is 168 Å². The summed E-state index contributed by atoms with van der Waals surface area (Å²) in [6, 6.07) is 18.4. The number of carboxylic acids is 1. The number of rotatable bonds is 28. The van der Waals surface area contributed by atoms with E-state index >= 15 is 0 Å². The summed E-state index contributed by atoms with van der Waals surface area (Å²) >= 11 is 6.10. The maximum absolute atomic E-state index is 11.8. The number of carboxylic acid groups (broad SMARTS) is 1. The number of ether oxygens (including phenoxy) is 10. The van der Waals surface area contributed by atoms with Crippen molar-refractivity contribution in [2.45, 2.75) is 335 Å². The number of hydrogen-bond acceptors (Lipinski definition) is 30. The highest BCUT2D eigenvalue weighted by molar-refractivity contribution is 6.77. The number of carbonyl (C=O) groups excluding carboxylic acids is 8. The largest absolute Gasteiger partial charge is 0.480 e.